The summed E-state index contributed by atoms with van der Waals surface area (Å²) in [6, 6.07) is 22.4. The summed E-state index contributed by atoms with van der Waals surface area (Å²) in [5.74, 6) is -0.384. The molecular formula is C20H16N2O2. The van der Waals surface area contributed by atoms with Crippen molar-refractivity contribution in [3.63, 3.8) is 0 Å². The average molecular weight is 316 g/mol. The van der Waals surface area contributed by atoms with E-state index in [1.165, 1.54) is 4.90 Å². The van der Waals surface area contributed by atoms with Gasteiger partial charge in [0.05, 0.1) is 12.1 Å². The molecule has 4 rings (SSSR count). The maximum Gasteiger partial charge on any atom is 0.256 e. The molecule has 1 fully saturated rings. The van der Waals surface area contributed by atoms with Gasteiger partial charge in [-0.15, -0.1) is 0 Å². The van der Waals surface area contributed by atoms with Crippen molar-refractivity contribution in [3.8, 4) is 0 Å². The van der Waals surface area contributed by atoms with Crippen molar-refractivity contribution >= 4 is 34.0 Å². The SMILES string of the molecule is O=C1CC(Nc2ccccc2)C(=O)N1c1cccc2ccccc12. The topological polar surface area (TPSA) is 49.4 Å². The summed E-state index contributed by atoms with van der Waals surface area (Å²) < 4.78 is 0. The van der Waals surface area contributed by atoms with E-state index in [9.17, 15) is 9.59 Å². The number of hydrogen-bond donors (Lipinski definition) is 1. The molecular weight excluding hydrogens is 300 g/mol. The Morgan fingerprint density at radius 2 is 1.54 bits per heavy atom. The number of nitrogens with one attached hydrogen (secondary N) is 1. The molecule has 1 atom stereocenters. The number of hydrogen-bond acceptors (Lipinski definition) is 3. The van der Waals surface area contributed by atoms with Gasteiger partial charge in [-0.1, -0.05) is 54.6 Å². The molecule has 3 aromatic carbocycles. The van der Waals surface area contributed by atoms with Gasteiger partial charge in [0.2, 0.25) is 5.91 Å². The summed E-state index contributed by atoms with van der Waals surface area (Å²) in [5, 5.41) is 5.07. The molecule has 1 aliphatic rings. The minimum absolute atomic E-state index is 0.164. The van der Waals surface area contributed by atoms with Gasteiger partial charge in [0, 0.05) is 11.1 Å². The third-order valence-electron chi connectivity index (χ3n) is 4.27. The number of benzene rings is 3. The normalized spacial score (nSPS) is 17.5. The molecule has 0 aromatic heterocycles. The van der Waals surface area contributed by atoms with Crippen molar-refractivity contribution in [1.29, 1.82) is 0 Å². The zero-order valence-corrected chi connectivity index (χ0v) is 13.0. The van der Waals surface area contributed by atoms with E-state index in [-0.39, 0.29) is 18.2 Å². The lowest BCUT2D eigenvalue weighted by Crippen LogP contribution is -2.34. The van der Waals surface area contributed by atoms with Gasteiger partial charge in [0.1, 0.15) is 6.04 Å². The van der Waals surface area contributed by atoms with Crippen LogP contribution >= 0.6 is 0 Å². The number of anilines is 2. The summed E-state index contributed by atoms with van der Waals surface area (Å²) in [5.41, 5.74) is 1.49. The molecule has 1 saturated heterocycles. The number of para-hydroxylation sites is 1. The molecule has 1 heterocycles. The van der Waals surface area contributed by atoms with Gasteiger partial charge >= 0.3 is 0 Å². The quantitative estimate of drug-likeness (QED) is 0.751. The largest absolute Gasteiger partial charge is 0.373 e. The first kappa shape index (κ1) is 14.5. The molecule has 1 aliphatic heterocycles. The minimum Gasteiger partial charge on any atom is -0.373 e. The van der Waals surface area contributed by atoms with Gasteiger partial charge in [-0.05, 0) is 23.6 Å². The van der Waals surface area contributed by atoms with E-state index in [0.717, 1.165) is 16.5 Å². The first-order valence-corrected chi connectivity index (χ1v) is 7.90. The van der Waals surface area contributed by atoms with E-state index in [1.807, 2.05) is 72.8 Å². The monoisotopic (exact) mass is 316 g/mol. The number of carbonyl (C=O) groups excluding carboxylic acids is 2. The van der Waals surface area contributed by atoms with Crippen LogP contribution in [0.15, 0.2) is 72.8 Å². The van der Waals surface area contributed by atoms with Crippen LogP contribution in [0.4, 0.5) is 11.4 Å². The fourth-order valence-corrected chi connectivity index (χ4v) is 3.14. The van der Waals surface area contributed by atoms with Crippen LogP contribution in [0.3, 0.4) is 0 Å². The molecule has 0 bridgehead atoms. The van der Waals surface area contributed by atoms with Crippen LogP contribution in [0.5, 0.6) is 0 Å². The lowest BCUT2D eigenvalue weighted by molar-refractivity contribution is -0.121. The molecule has 1 unspecified atom stereocenters. The second-order valence-electron chi connectivity index (χ2n) is 5.83. The van der Waals surface area contributed by atoms with E-state index in [0.29, 0.717) is 5.69 Å². The Balaban J connectivity index is 1.68. The lowest BCUT2D eigenvalue weighted by atomic mass is 10.1. The van der Waals surface area contributed by atoms with Crippen molar-refractivity contribution in [2.24, 2.45) is 0 Å². The highest BCUT2D eigenvalue weighted by Crippen LogP contribution is 2.31. The Morgan fingerprint density at radius 3 is 2.38 bits per heavy atom. The molecule has 24 heavy (non-hydrogen) atoms. The molecule has 118 valence electrons. The second-order valence-corrected chi connectivity index (χ2v) is 5.83. The Bertz CT molecular complexity index is 916. The van der Waals surface area contributed by atoms with Crippen molar-refractivity contribution < 1.29 is 9.59 Å². The Hall–Kier alpha value is -3.14. The highest BCUT2D eigenvalue weighted by atomic mass is 16.2. The molecule has 0 saturated carbocycles. The fourth-order valence-electron chi connectivity index (χ4n) is 3.14. The van der Waals surface area contributed by atoms with Gasteiger partial charge in [-0.2, -0.15) is 0 Å². The smallest absolute Gasteiger partial charge is 0.256 e. The van der Waals surface area contributed by atoms with Gasteiger partial charge in [0.15, 0.2) is 0 Å². The summed E-state index contributed by atoms with van der Waals surface area (Å²) in [6.07, 6.45) is 0.164. The standard InChI is InChI=1S/C20H16N2O2/c23-19-13-17(21-15-9-2-1-3-10-15)20(24)22(19)18-12-6-8-14-7-4-5-11-16(14)18/h1-12,17,21H,13H2. The number of nitrogens with zero attached hydrogens (tertiary/aromatic N) is 1. The van der Waals surface area contributed by atoms with E-state index in [1.54, 1.807) is 0 Å². The van der Waals surface area contributed by atoms with Gasteiger partial charge < -0.3 is 5.32 Å². The van der Waals surface area contributed by atoms with Gasteiger partial charge in [0.25, 0.3) is 5.91 Å². The van der Waals surface area contributed by atoms with Crippen molar-refractivity contribution in [2.45, 2.75) is 12.5 Å². The third-order valence-corrected chi connectivity index (χ3v) is 4.27. The maximum atomic E-state index is 12.8. The van der Waals surface area contributed by atoms with E-state index in [2.05, 4.69) is 5.32 Å². The average Bonchev–Trinajstić information content (AvgIpc) is 2.89. The predicted octanol–water partition coefficient (Wildman–Crippen LogP) is 3.58. The number of amides is 2. The predicted molar refractivity (Wildman–Crippen MR) is 94.9 cm³/mol. The van der Waals surface area contributed by atoms with Gasteiger partial charge in [-0.25, -0.2) is 4.90 Å². The van der Waals surface area contributed by atoms with Crippen LogP contribution in [0, 0.1) is 0 Å². The van der Waals surface area contributed by atoms with Crippen molar-refractivity contribution in [3.05, 3.63) is 72.8 Å². The number of imide groups is 1. The highest BCUT2D eigenvalue weighted by molar-refractivity contribution is 6.25. The van der Waals surface area contributed by atoms with Crippen LogP contribution in [-0.4, -0.2) is 17.9 Å². The van der Waals surface area contributed by atoms with Crippen LogP contribution in [0.25, 0.3) is 10.8 Å². The highest BCUT2D eigenvalue weighted by Gasteiger charge is 2.40. The Labute approximate surface area is 139 Å². The van der Waals surface area contributed by atoms with Crippen LogP contribution < -0.4 is 10.2 Å². The first-order valence-electron chi connectivity index (χ1n) is 7.90. The van der Waals surface area contributed by atoms with E-state index < -0.39 is 6.04 Å². The van der Waals surface area contributed by atoms with Gasteiger partial charge in [-0.3, -0.25) is 9.59 Å². The number of rotatable bonds is 3. The zero-order chi connectivity index (χ0) is 16.5. The maximum absolute atomic E-state index is 12.8. The van der Waals surface area contributed by atoms with Crippen LogP contribution in [-0.2, 0) is 9.59 Å². The summed E-state index contributed by atoms with van der Waals surface area (Å²) in [4.78, 5) is 26.6. The molecule has 2 amide bonds. The number of carbonyl (C=O) groups is 2. The minimum atomic E-state index is -0.529. The summed E-state index contributed by atoms with van der Waals surface area (Å²) in [7, 11) is 0. The van der Waals surface area contributed by atoms with Crippen molar-refractivity contribution in [2.75, 3.05) is 10.2 Å². The third kappa shape index (κ3) is 2.42. The van der Waals surface area contributed by atoms with E-state index in [4.69, 9.17) is 0 Å². The zero-order valence-electron chi connectivity index (χ0n) is 13.0. The molecule has 4 nitrogen and oxygen atoms in total. The molecule has 0 spiro atoms. The Morgan fingerprint density at radius 1 is 0.833 bits per heavy atom. The molecule has 0 aliphatic carbocycles. The second kappa shape index (κ2) is 5.81. The van der Waals surface area contributed by atoms with E-state index >= 15 is 0 Å². The van der Waals surface area contributed by atoms with Crippen LogP contribution in [0.2, 0.25) is 0 Å². The summed E-state index contributed by atoms with van der Waals surface area (Å²) in [6.45, 7) is 0. The molecule has 4 heteroatoms. The summed E-state index contributed by atoms with van der Waals surface area (Å²) >= 11 is 0. The Kier molecular flexibility index (Phi) is 3.50. The van der Waals surface area contributed by atoms with Crippen LogP contribution in [0.1, 0.15) is 6.42 Å². The van der Waals surface area contributed by atoms with Crippen molar-refractivity contribution in [1.82, 2.24) is 0 Å². The lowest BCUT2D eigenvalue weighted by Gasteiger charge is -2.18. The fraction of sp³-hybridized carbons (Fsp3) is 0.100. The molecule has 0 radical (unpaired) electrons. The first-order chi connectivity index (χ1) is 11.7. The molecule has 1 N–H and O–H groups in total. The number of fused-ring (bicyclic) bond motifs is 1. The molecule has 3 aromatic rings.